The van der Waals surface area contributed by atoms with Crippen molar-refractivity contribution in [2.75, 3.05) is 36.0 Å². The summed E-state index contributed by atoms with van der Waals surface area (Å²) in [6, 6.07) is 7.06. The summed E-state index contributed by atoms with van der Waals surface area (Å²) in [7, 11) is 0. The molecule has 2 saturated heterocycles. The molecule has 2 N–H and O–H groups in total. The lowest BCUT2D eigenvalue weighted by Crippen LogP contribution is -2.43. The second kappa shape index (κ2) is 9.47. The van der Waals surface area contributed by atoms with Crippen LogP contribution in [0.3, 0.4) is 0 Å². The van der Waals surface area contributed by atoms with Gasteiger partial charge in [-0.05, 0) is 78.0 Å². The molecule has 5 rings (SSSR count). The van der Waals surface area contributed by atoms with Crippen LogP contribution >= 0.6 is 22.6 Å². The molecule has 1 aromatic carbocycles. The van der Waals surface area contributed by atoms with E-state index < -0.39 is 17.7 Å². The number of nitrogens with one attached hydrogen (secondary N) is 2. The third kappa shape index (κ3) is 5.49. The molecule has 11 heteroatoms. The summed E-state index contributed by atoms with van der Waals surface area (Å²) >= 11 is 2.24. The highest BCUT2D eigenvalue weighted by molar-refractivity contribution is 14.1. The van der Waals surface area contributed by atoms with E-state index in [-0.39, 0.29) is 37.6 Å². The van der Waals surface area contributed by atoms with Crippen LogP contribution in [-0.2, 0) is 0 Å². The van der Waals surface area contributed by atoms with Crippen LogP contribution in [0, 0.1) is 8.99 Å². The van der Waals surface area contributed by atoms with Gasteiger partial charge < -0.3 is 9.80 Å². The zero-order valence-electron chi connectivity index (χ0n) is 19.2. The number of amides is 2. The van der Waals surface area contributed by atoms with E-state index in [1.54, 1.807) is 11.0 Å². The number of nitrogens with zero attached hydrogens (tertiary/aromatic N) is 4. The summed E-state index contributed by atoms with van der Waals surface area (Å²) in [6.07, 6.45) is 5.75. The molecule has 1 spiro atoms. The molecule has 2 amide bonds. The Balaban J connectivity index is 1.23. The minimum atomic E-state index is -2.68. The van der Waals surface area contributed by atoms with Gasteiger partial charge in [0.15, 0.2) is 0 Å². The fraction of sp³-hybridized carbons (Fsp3) is 0.500. The Bertz CT molecular complexity index is 1120. The van der Waals surface area contributed by atoms with Crippen LogP contribution in [0.25, 0.3) is 0 Å². The molecule has 3 aliphatic rings. The van der Waals surface area contributed by atoms with Gasteiger partial charge in [-0.2, -0.15) is 0 Å². The number of hydrogen-bond acceptors (Lipinski definition) is 6. The van der Waals surface area contributed by atoms with Crippen molar-refractivity contribution >= 4 is 46.0 Å². The number of anilines is 2. The summed E-state index contributed by atoms with van der Waals surface area (Å²) in [5.41, 5.74) is 6.85. The first-order chi connectivity index (χ1) is 16.7. The van der Waals surface area contributed by atoms with E-state index in [0.717, 1.165) is 35.2 Å². The van der Waals surface area contributed by atoms with Crippen molar-refractivity contribution in [2.24, 2.45) is 5.41 Å². The van der Waals surface area contributed by atoms with Crippen molar-refractivity contribution in [3.05, 3.63) is 45.3 Å². The fourth-order valence-electron chi connectivity index (χ4n) is 4.76. The zero-order chi connectivity index (χ0) is 24.6. The van der Waals surface area contributed by atoms with E-state index in [4.69, 9.17) is 0 Å². The molecule has 0 atom stereocenters. The van der Waals surface area contributed by atoms with Gasteiger partial charge >= 0.3 is 0 Å². The van der Waals surface area contributed by atoms with Crippen LogP contribution in [0.5, 0.6) is 0 Å². The fourth-order valence-corrected chi connectivity index (χ4v) is 5.24. The van der Waals surface area contributed by atoms with Crippen molar-refractivity contribution in [3.8, 4) is 0 Å². The molecule has 186 valence electrons. The van der Waals surface area contributed by atoms with E-state index in [0.29, 0.717) is 11.0 Å². The maximum Gasteiger partial charge on any atom is 0.288 e. The molecule has 2 aromatic rings. The average molecular weight is 596 g/mol. The summed E-state index contributed by atoms with van der Waals surface area (Å²) in [5.74, 6) is -3.48. The van der Waals surface area contributed by atoms with E-state index in [1.807, 2.05) is 12.1 Å². The van der Waals surface area contributed by atoms with Crippen molar-refractivity contribution in [1.29, 1.82) is 0 Å². The highest BCUT2D eigenvalue weighted by Crippen LogP contribution is 2.54. The van der Waals surface area contributed by atoms with Crippen molar-refractivity contribution in [2.45, 2.75) is 44.4 Å². The summed E-state index contributed by atoms with van der Waals surface area (Å²) in [5, 5.41) is 0. The Kier molecular flexibility index (Phi) is 6.53. The SMILES string of the molecule is O=C(NNC(=O)c1ccc(I)cc1N1CCC2(CC1)CC2)c1ccnc(N2CCC(F)(F)CC2)n1. The zero-order valence-corrected chi connectivity index (χ0v) is 21.4. The monoisotopic (exact) mass is 596 g/mol. The van der Waals surface area contributed by atoms with Crippen LogP contribution in [-0.4, -0.2) is 53.9 Å². The van der Waals surface area contributed by atoms with Gasteiger partial charge in [0.05, 0.1) is 11.3 Å². The molecule has 2 aliphatic heterocycles. The maximum absolute atomic E-state index is 13.4. The number of hydrazine groups is 1. The molecule has 0 radical (unpaired) electrons. The van der Waals surface area contributed by atoms with Gasteiger partial charge in [0.25, 0.3) is 17.7 Å². The quantitative estimate of drug-likeness (QED) is 0.413. The van der Waals surface area contributed by atoms with Crippen molar-refractivity contribution in [1.82, 2.24) is 20.8 Å². The molecule has 0 bridgehead atoms. The van der Waals surface area contributed by atoms with Crippen molar-refractivity contribution in [3.63, 3.8) is 0 Å². The molecule has 1 aliphatic carbocycles. The second-order valence-electron chi connectivity index (χ2n) is 9.64. The van der Waals surface area contributed by atoms with Gasteiger partial charge in [-0.25, -0.2) is 18.7 Å². The molecule has 35 heavy (non-hydrogen) atoms. The lowest BCUT2D eigenvalue weighted by Gasteiger charge is -2.35. The first-order valence-electron chi connectivity index (χ1n) is 11.8. The summed E-state index contributed by atoms with van der Waals surface area (Å²) in [6.45, 7) is 2.06. The Labute approximate surface area is 216 Å². The highest BCUT2D eigenvalue weighted by atomic mass is 127. The van der Waals surface area contributed by atoms with Crippen LogP contribution in [0.4, 0.5) is 20.4 Å². The van der Waals surface area contributed by atoms with E-state index in [1.165, 1.54) is 25.1 Å². The van der Waals surface area contributed by atoms with E-state index in [9.17, 15) is 18.4 Å². The third-order valence-corrected chi connectivity index (χ3v) is 7.94. The van der Waals surface area contributed by atoms with Gasteiger partial charge in [0.1, 0.15) is 5.69 Å². The lowest BCUT2D eigenvalue weighted by molar-refractivity contribution is -0.0222. The standard InChI is InChI=1S/C24H27F2IN6O2/c25-24(26)8-13-33(14-9-24)22-28-10-3-18(29-22)21(35)31-30-20(34)17-2-1-16(27)15-19(17)32-11-6-23(4-5-23)7-12-32/h1-3,10,15H,4-9,11-14H2,(H,30,34)(H,31,35). The molecular weight excluding hydrogens is 569 g/mol. The van der Waals surface area contributed by atoms with Crippen LogP contribution in [0.1, 0.15) is 59.4 Å². The van der Waals surface area contributed by atoms with Gasteiger partial charge in [0, 0.05) is 48.8 Å². The van der Waals surface area contributed by atoms with Crippen LogP contribution < -0.4 is 20.7 Å². The topological polar surface area (TPSA) is 90.5 Å². The maximum atomic E-state index is 13.4. The average Bonchev–Trinajstić information content (AvgIpc) is 3.61. The van der Waals surface area contributed by atoms with Gasteiger partial charge in [-0.1, -0.05) is 0 Å². The van der Waals surface area contributed by atoms with Crippen molar-refractivity contribution < 1.29 is 18.4 Å². The first-order valence-corrected chi connectivity index (χ1v) is 12.9. The summed E-state index contributed by atoms with van der Waals surface area (Å²) < 4.78 is 27.9. The first kappa shape index (κ1) is 24.1. The Hall–Kier alpha value is -2.57. The predicted octanol–water partition coefficient (Wildman–Crippen LogP) is 3.77. The number of alkyl halides is 2. The number of carbonyl (C=O) groups excluding carboxylic acids is 2. The highest BCUT2D eigenvalue weighted by Gasteiger charge is 2.44. The number of benzene rings is 1. The number of carbonyl (C=O) groups is 2. The summed E-state index contributed by atoms with van der Waals surface area (Å²) in [4.78, 5) is 37.9. The molecule has 3 heterocycles. The molecule has 1 aromatic heterocycles. The third-order valence-electron chi connectivity index (χ3n) is 7.27. The Morgan fingerprint density at radius 2 is 1.54 bits per heavy atom. The van der Waals surface area contributed by atoms with Crippen LogP contribution in [0.2, 0.25) is 0 Å². The van der Waals surface area contributed by atoms with E-state index >= 15 is 0 Å². The largest absolute Gasteiger partial charge is 0.371 e. The Morgan fingerprint density at radius 1 is 0.886 bits per heavy atom. The number of hydrogen-bond donors (Lipinski definition) is 2. The van der Waals surface area contributed by atoms with Gasteiger partial charge in [-0.15, -0.1) is 0 Å². The molecular formula is C24H27F2IN6O2. The molecule has 8 nitrogen and oxygen atoms in total. The number of aromatic nitrogens is 2. The molecule has 1 saturated carbocycles. The smallest absolute Gasteiger partial charge is 0.288 e. The van der Waals surface area contributed by atoms with Gasteiger partial charge in [0.2, 0.25) is 5.95 Å². The normalized spacial score (nSPS) is 20.4. The lowest BCUT2D eigenvalue weighted by atomic mass is 9.93. The van der Waals surface area contributed by atoms with Crippen LogP contribution in [0.15, 0.2) is 30.5 Å². The number of halogens is 3. The van der Waals surface area contributed by atoms with E-state index in [2.05, 4.69) is 48.3 Å². The minimum Gasteiger partial charge on any atom is -0.371 e. The minimum absolute atomic E-state index is 0.0428. The Morgan fingerprint density at radius 3 is 2.23 bits per heavy atom. The predicted molar refractivity (Wildman–Crippen MR) is 136 cm³/mol. The number of piperidine rings is 2. The molecule has 0 unspecified atom stereocenters. The molecule has 3 fully saturated rings. The number of rotatable bonds is 4. The second-order valence-corrected chi connectivity index (χ2v) is 10.9. The van der Waals surface area contributed by atoms with Gasteiger partial charge in [-0.3, -0.25) is 20.4 Å².